The van der Waals surface area contributed by atoms with Crippen LogP contribution in [0.3, 0.4) is 0 Å². The van der Waals surface area contributed by atoms with Crippen molar-refractivity contribution < 1.29 is 24.2 Å². The Morgan fingerprint density at radius 2 is 1.83 bits per heavy atom. The summed E-state index contributed by atoms with van der Waals surface area (Å²) in [5, 5.41) is 20.2. The SMILES string of the molecule is C.CC(C)N(C(=O)[C@@H]1CC[C@@H](C)C[C@@H]1O)c1cc(-c2ccc(F)cc2)sc1C(=O)O. The van der Waals surface area contributed by atoms with Crippen LogP contribution < -0.4 is 4.90 Å². The molecule has 5 nitrogen and oxygen atoms in total. The Kier molecular flexibility index (Phi) is 7.77. The van der Waals surface area contributed by atoms with Crippen molar-refractivity contribution in [2.24, 2.45) is 11.8 Å². The summed E-state index contributed by atoms with van der Waals surface area (Å²) in [6.45, 7) is 5.72. The highest BCUT2D eigenvalue weighted by molar-refractivity contribution is 7.18. The first-order chi connectivity index (χ1) is 13.7. The van der Waals surface area contributed by atoms with Crippen LogP contribution in [0.4, 0.5) is 10.1 Å². The minimum Gasteiger partial charge on any atom is -0.477 e. The van der Waals surface area contributed by atoms with Gasteiger partial charge in [0.25, 0.3) is 0 Å². The second kappa shape index (κ2) is 9.71. The van der Waals surface area contributed by atoms with Gasteiger partial charge in [0.2, 0.25) is 5.91 Å². The third-order valence-electron chi connectivity index (χ3n) is 5.44. The summed E-state index contributed by atoms with van der Waals surface area (Å²) in [6.07, 6.45) is 1.28. The molecule has 1 amide bonds. The number of benzene rings is 1. The fourth-order valence-corrected chi connectivity index (χ4v) is 4.93. The van der Waals surface area contributed by atoms with Crippen molar-refractivity contribution >= 4 is 28.9 Å². The molecular weight excluding hydrogens is 405 g/mol. The molecule has 1 aliphatic rings. The molecule has 1 fully saturated rings. The summed E-state index contributed by atoms with van der Waals surface area (Å²) in [5.41, 5.74) is 1.01. The molecule has 2 aromatic rings. The number of rotatable bonds is 5. The van der Waals surface area contributed by atoms with Crippen molar-refractivity contribution in [3.05, 3.63) is 41.0 Å². The third-order valence-corrected chi connectivity index (χ3v) is 6.61. The van der Waals surface area contributed by atoms with Gasteiger partial charge in [-0.25, -0.2) is 9.18 Å². The fraction of sp³-hybridized carbons (Fsp3) is 0.478. The molecule has 0 unspecified atom stereocenters. The molecule has 2 N–H and O–H groups in total. The van der Waals surface area contributed by atoms with Crippen LogP contribution in [0.5, 0.6) is 0 Å². The van der Waals surface area contributed by atoms with Crippen LogP contribution in [0.15, 0.2) is 30.3 Å². The summed E-state index contributed by atoms with van der Waals surface area (Å²) in [5.74, 6) is -1.91. The van der Waals surface area contributed by atoms with Crippen LogP contribution in [0.25, 0.3) is 10.4 Å². The van der Waals surface area contributed by atoms with Gasteiger partial charge in [0.05, 0.1) is 17.7 Å². The number of thiophene rings is 1. The topological polar surface area (TPSA) is 77.8 Å². The van der Waals surface area contributed by atoms with Crippen molar-refractivity contribution in [2.45, 2.75) is 59.6 Å². The Bertz CT molecular complexity index is 893. The highest BCUT2D eigenvalue weighted by Gasteiger charge is 2.38. The van der Waals surface area contributed by atoms with Gasteiger partial charge in [-0.15, -0.1) is 11.3 Å². The Labute approximate surface area is 181 Å². The van der Waals surface area contributed by atoms with Crippen molar-refractivity contribution in [3.63, 3.8) is 0 Å². The number of carbonyl (C=O) groups is 2. The van der Waals surface area contributed by atoms with Crippen molar-refractivity contribution in [3.8, 4) is 10.4 Å². The average molecular weight is 436 g/mol. The van der Waals surface area contributed by atoms with E-state index in [-0.39, 0.29) is 30.1 Å². The molecular formula is C23H30FNO4S. The number of carbonyl (C=O) groups excluding carboxylic acids is 1. The van der Waals surface area contributed by atoms with Gasteiger partial charge in [-0.2, -0.15) is 0 Å². The van der Waals surface area contributed by atoms with Crippen molar-refractivity contribution in [2.75, 3.05) is 4.90 Å². The molecule has 7 heteroatoms. The number of aliphatic hydroxyl groups is 1. The van der Waals surface area contributed by atoms with E-state index in [1.165, 1.54) is 17.0 Å². The van der Waals surface area contributed by atoms with Crippen LogP contribution in [0, 0.1) is 17.7 Å². The molecule has 1 aliphatic carbocycles. The maximum absolute atomic E-state index is 13.4. The van der Waals surface area contributed by atoms with Gasteiger partial charge in [0.1, 0.15) is 10.7 Å². The van der Waals surface area contributed by atoms with Gasteiger partial charge in [-0.05, 0) is 62.8 Å². The van der Waals surface area contributed by atoms with E-state index in [4.69, 9.17) is 0 Å². The number of hydrogen-bond acceptors (Lipinski definition) is 4. The molecule has 30 heavy (non-hydrogen) atoms. The number of carboxylic acids is 1. The lowest BCUT2D eigenvalue weighted by atomic mass is 9.80. The summed E-state index contributed by atoms with van der Waals surface area (Å²) in [4.78, 5) is 27.5. The summed E-state index contributed by atoms with van der Waals surface area (Å²) >= 11 is 1.06. The van der Waals surface area contributed by atoms with Crippen LogP contribution in [0.2, 0.25) is 0 Å². The van der Waals surface area contributed by atoms with Gasteiger partial charge in [-0.1, -0.05) is 26.5 Å². The van der Waals surface area contributed by atoms with Crippen molar-refractivity contribution in [1.29, 1.82) is 0 Å². The largest absolute Gasteiger partial charge is 0.477 e. The average Bonchev–Trinajstić information content (AvgIpc) is 3.07. The van der Waals surface area contributed by atoms with E-state index < -0.39 is 18.0 Å². The van der Waals surface area contributed by atoms with Gasteiger partial charge < -0.3 is 15.1 Å². The minimum absolute atomic E-state index is 0. The van der Waals surface area contributed by atoms with Gasteiger partial charge in [0.15, 0.2) is 0 Å². The lowest BCUT2D eigenvalue weighted by Gasteiger charge is -2.36. The zero-order chi connectivity index (χ0) is 21.3. The summed E-state index contributed by atoms with van der Waals surface area (Å²) in [7, 11) is 0. The van der Waals surface area contributed by atoms with E-state index in [0.717, 1.165) is 17.8 Å². The van der Waals surface area contributed by atoms with Gasteiger partial charge in [0, 0.05) is 10.9 Å². The fourth-order valence-electron chi connectivity index (χ4n) is 3.94. The smallest absolute Gasteiger partial charge is 0.348 e. The first-order valence-corrected chi connectivity index (χ1v) is 10.6. The summed E-state index contributed by atoms with van der Waals surface area (Å²) < 4.78 is 13.3. The lowest BCUT2D eigenvalue weighted by Crippen LogP contribution is -2.46. The van der Waals surface area contributed by atoms with Gasteiger partial charge >= 0.3 is 5.97 Å². The summed E-state index contributed by atoms with van der Waals surface area (Å²) in [6, 6.07) is 7.22. The number of amides is 1. The molecule has 1 saturated carbocycles. The highest BCUT2D eigenvalue weighted by atomic mass is 32.1. The molecule has 0 spiro atoms. The monoisotopic (exact) mass is 435 g/mol. The normalized spacial score (nSPS) is 21.2. The number of anilines is 1. The van der Waals surface area contributed by atoms with Crippen LogP contribution in [-0.4, -0.2) is 34.2 Å². The number of aromatic carboxylic acids is 1. The predicted octanol–water partition coefficient (Wildman–Crippen LogP) is 5.43. The lowest BCUT2D eigenvalue weighted by molar-refractivity contribution is -0.128. The molecule has 0 saturated heterocycles. The second-order valence-corrected chi connectivity index (χ2v) is 9.08. The second-order valence-electron chi connectivity index (χ2n) is 8.03. The van der Waals surface area contributed by atoms with E-state index in [9.17, 15) is 24.2 Å². The maximum Gasteiger partial charge on any atom is 0.348 e. The Balaban J connectivity index is 0.00000320. The number of halogens is 1. The molecule has 0 aliphatic heterocycles. The Hall–Kier alpha value is -2.25. The predicted molar refractivity (Wildman–Crippen MR) is 119 cm³/mol. The molecule has 164 valence electrons. The number of aliphatic hydroxyl groups excluding tert-OH is 1. The first kappa shape index (κ1) is 24.0. The van der Waals surface area contributed by atoms with Gasteiger partial charge in [-0.3, -0.25) is 4.79 Å². The minimum atomic E-state index is -1.12. The van der Waals surface area contributed by atoms with E-state index in [1.54, 1.807) is 18.2 Å². The van der Waals surface area contributed by atoms with E-state index in [2.05, 4.69) is 6.92 Å². The zero-order valence-corrected chi connectivity index (χ0v) is 17.6. The Morgan fingerprint density at radius 3 is 2.37 bits per heavy atom. The maximum atomic E-state index is 13.4. The first-order valence-electron chi connectivity index (χ1n) is 9.83. The van der Waals surface area contributed by atoms with E-state index in [0.29, 0.717) is 34.9 Å². The number of hydrogen-bond donors (Lipinski definition) is 2. The molecule has 1 heterocycles. The third kappa shape index (κ3) is 4.90. The molecule has 1 aromatic heterocycles. The number of nitrogens with zero attached hydrogens (tertiary/aromatic N) is 1. The highest BCUT2D eigenvalue weighted by Crippen LogP contribution is 2.40. The van der Waals surface area contributed by atoms with E-state index in [1.807, 2.05) is 13.8 Å². The molecule has 3 atom stereocenters. The quantitative estimate of drug-likeness (QED) is 0.657. The number of carboxylic acid groups (broad SMARTS) is 1. The molecule has 1 aromatic carbocycles. The zero-order valence-electron chi connectivity index (χ0n) is 16.8. The molecule has 0 radical (unpaired) electrons. The molecule has 0 bridgehead atoms. The molecule has 3 rings (SSSR count). The van der Waals surface area contributed by atoms with Crippen LogP contribution in [0.1, 0.15) is 57.1 Å². The van der Waals surface area contributed by atoms with Crippen LogP contribution >= 0.6 is 11.3 Å². The standard InChI is InChI=1S/C22H26FNO4S.CH4/c1-12(2)24(21(26)16-9-4-13(3)10-18(16)25)17-11-19(29-20(17)22(27)28)14-5-7-15(23)8-6-14;/h5-8,11-13,16,18,25H,4,9-10H2,1-3H3,(H,27,28);1H4/t13-,16-,18+;/m1./s1. The van der Waals surface area contributed by atoms with E-state index >= 15 is 0 Å². The van der Waals surface area contributed by atoms with Crippen molar-refractivity contribution in [1.82, 2.24) is 0 Å². The van der Waals surface area contributed by atoms with Crippen LogP contribution in [-0.2, 0) is 4.79 Å². The Morgan fingerprint density at radius 1 is 1.20 bits per heavy atom.